The van der Waals surface area contributed by atoms with Crippen LogP contribution in [0.15, 0.2) is 24.3 Å². The highest BCUT2D eigenvalue weighted by molar-refractivity contribution is 5.26. The highest BCUT2D eigenvalue weighted by Crippen LogP contribution is 2.15. The number of benzene rings is 1. The van der Waals surface area contributed by atoms with Crippen LogP contribution >= 0.6 is 0 Å². The zero-order valence-corrected chi connectivity index (χ0v) is 10.4. The molecule has 1 aliphatic rings. The van der Waals surface area contributed by atoms with Gasteiger partial charge < -0.3 is 5.32 Å². The Morgan fingerprint density at radius 1 is 1.31 bits per heavy atom. The molecule has 0 bridgehead atoms. The molecule has 0 spiro atoms. The Morgan fingerprint density at radius 3 is 2.69 bits per heavy atom. The molecular weight excluding hydrogens is 196 g/mol. The second-order valence-corrected chi connectivity index (χ2v) is 4.68. The van der Waals surface area contributed by atoms with Crippen LogP contribution in [0, 0.1) is 0 Å². The fourth-order valence-electron chi connectivity index (χ4n) is 2.47. The van der Waals surface area contributed by atoms with E-state index in [-0.39, 0.29) is 0 Å². The predicted octanol–water partition coefficient (Wildman–Crippen LogP) is 2.04. The van der Waals surface area contributed by atoms with Crippen molar-refractivity contribution in [3.05, 3.63) is 35.4 Å². The average molecular weight is 218 g/mol. The summed E-state index contributed by atoms with van der Waals surface area (Å²) in [7, 11) is 2.24. The summed E-state index contributed by atoms with van der Waals surface area (Å²) in [4.78, 5) is 2.48. The van der Waals surface area contributed by atoms with Gasteiger partial charge in [-0.2, -0.15) is 0 Å². The third-order valence-corrected chi connectivity index (χ3v) is 3.58. The molecule has 0 amide bonds. The van der Waals surface area contributed by atoms with E-state index in [2.05, 4.69) is 48.5 Å². The molecule has 1 N–H and O–H groups in total. The van der Waals surface area contributed by atoms with E-state index >= 15 is 0 Å². The molecule has 0 aliphatic carbocycles. The van der Waals surface area contributed by atoms with Gasteiger partial charge in [0.2, 0.25) is 0 Å². The highest BCUT2D eigenvalue weighted by Gasteiger charge is 2.19. The lowest BCUT2D eigenvalue weighted by Crippen LogP contribution is -2.33. The van der Waals surface area contributed by atoms with E-state index in [1.54, 1.807) is 0 Å². The zero-order chi connectivity index (χ0) is 11.4. The third kappa shape index (κ3) is 2.63. The summed E-state index contributed by atoms with van der Waals surface area (Å²) in [6.45, 7) is 5.63. The summed E-state index contributed by atoms with van der Waals surface area (Å²) in [6.07, 6.45) is 2.41. The van der Waals surface area contributed by atoms with Crippen LogP contribution in [-0.4, -0.2) is 31.1 Å². The smallest absolute Gasteiger partial charge is 0.0236 e. The number of nitrogens with zero attached hydrogens (tertiary/aromatic N) is 1. The van der Waals surface area contributed by atoms with Gasteiger partial charge in [-0.15, -0.1) is 0 Å². The van der Waals surface area contributed by atoms with Gasteiger partial charge in [0.15, 0.2) is 0 Å². The summed E-state index contributed by atoms with van der Waals surface area (Å²) in [5.41, 5.74) is 2.97. The Balaban J connectivity index is 2.01. The predicted molar refractivity (Wildman–Crippen MR) is 68.6 cm³/mol. The van der Waals surface area contributed by atoms with Crippen LogP contribution < -0.4 is 5.32 Å². The topological polar surface area (TPSA) is 15.3 Å². The number of nitrogens with one attached hydrogen (secondary N) is 1. The molecule has 1 unspecified atom stereocenters. The number of hydrogen-bond acceptors (Lipinski definition) is 2. The highest BCUT2D eigenvalue weighted by atomic mass is 15.2. The summed E-state index contributed by atoms with van der Waals surface area (Å²) >= 11 is 0. The molecular formula is C14H22N2. The van der Waals surface area contributed by atoms with Crippen molar-refractivity contribution in [2.24, 2.45) is 0 Å². The SMILES string of the molecule is CCc1ccccc1CN(C)C1CCNC1. The van der Waals surface area contributed by atoms with Crippen molar-refractivity contribution in [1.82, 2.24) is 10.2 Å². The molecule has 1 fully saturated rings. The van der Waals surface area contributed by atoms with Crippen molar-refractivity contribution in [3.8, 4) is 0 Å². The van der Waals surface area contributed by atoms with E-state index in [0.717, 1.165) is 19.5 Å². The van der Waals surface area contributed by atoms with Gasteiger partial charge in [0.05, 0.1) is 0 Å². The molecule has 1 heterocycles. The molecule has 16 heavy (non-hydrogen) atoms. The third-order valence-electron chi connectivity index (χ3n) is 3.58. The molecule has 1 aromatic carbocycles. The van der Waals surface area contributed by atoms with E-state index in [0.29, 0.717) is 6.04 Å². The van der Waals surface area contributed by atoms with E-state index in [1.807, 2.05) is 0 Å². The van der Waals surface area contributed by atoms with Crippen molar-refractivity contribution in [3.63, 3.8) is 0 Å². The first-order valence-corrected chi connectivity index (χ1v) is 6.29. The molecule has 88 valence electrons. The molecule has 1 aliphatic heterocycles. The minimum Gasteiger partial charge on any atom is -0.315 e. The lowest BCUT2D eigenvalue weighted by molar-refractivity contribution is 0.248. The van der Waals surface area contributed by atoms with Gasteiger partial charge in [-0.3, -0.25) is 4.90 Å². The fraction of sp³-hybridized carbons (Fsp3) is 0.571. The lowest BCUT2D eigenvalue weighted by atomic mass is 10.0. The quantitative estimate of drug-likeness (QED) is 0.832. The van der Waals surface area contributed by atoms with Crippen LogP contribution in [0.4, 0.5) is 0 Å². The molecule has 2 heteroatoms. The zero-order valence-electron chi connectivity index (χ0n) is 10.4. The van der Waals surface area contributed by atoms with Crippen LogP contribution in [0.5, 0.6) is 0 Å². The summed E-state index contributed by atoms with van der Waals surface area (Å²) in [6, 6.07) is 9.51. The van der Waals surface area contributed by atoms with E-state index in [9.17, 15) is 0 Å². The van der Waals surface area contributed by atoms with Crippen LogP contribution in [0.1, 0.15) is 24.5 Å². The minimum absolute atomic E-state index is 0.713. The molecule has 1 aromatic rings. The first-order chi connectivity index (χ1) is 7.81. The van der Waals surface area contributed by atoms with E-state index in [1.165, 1.54) is 24.1 Å². The largest absolute Gasteiger partial charge is 0.315 e. The minimum atomic E-state index is 0.713. The second-order valence-electron chi connectivity index (χ2n) is 4.68. The summed E-state index contributed by atoms with van der Waals surface area (Å²) < 4.78 is 0. The maximum absolute atomic E-state index is 3.43. The van der Waals surface area contributed by atoms with Gasteiger partial charge in [0.1, 0.15) is 0 Å². The fourth-order valence-corrected chi connectivity index (χ4v) is 2.47. The molecule has 1 atom stereocenters. The Bertz CT molecular complexity index is 329. The van der Waals surface area contributed by atoms with Gasteiger partial charge in [0.25, 0.3) is 0 Å². The second kappa shape index (κ2) is 5.46. The Morgan fingerprint density at radius 2 is 2.06 bits per heavy atom. The van der Waals surface area contributed by atoms with Crippen molar-refractivity contribution in [2.45, 2.75) is 32.4 Å². The maximum Gasteiger partial charge on any atom is 0.0236 e. The summed E-state index contributed by atoms with van der Waals surface area (Å²) in [5, 5.41) is 3.43. The van der Waals surface area contributed by atoms with Crippen LogP contribution in [0.2, 0.25) is 0 Å². The summed E-state index contributed by atoms with van der Waals surface area (Å²) in [5.74, 6) is 0. The monoisotopic (exact) mass is 218 g/mol. The van der Waals surface area contributed by atoms with Crippen LogP contribution in [0.25, 0.3) is 0 Å². The van der Waals surface area contributed by atoms with Crippen LogP contribution in [-0.2, 0) is 13.0 Å². The number of aryl methyl sites for hydroxylation is 1. The first kappa shape index (κ1) is 11.6. The van der Waals surface area contributed by atoms with Gasteiger partial charge in [0, 0.05) is 19.1 Å². The number of likely N-dealkylation sites (N-methyl/N-ethyl adjacent to an activating group) is 1. The normalized spacial score (nSPS) is 20.6. The standard InChI is InChI=1S/C14H22N2/c1-3-12-6-4-5-7-13(12)11-16(2)14-8-9-15-10-14/h4-7,14-15H,3,8-11H2,1-2H3. The number of rotatable bonds is 4. The maximum atomic E-state index is 3.43. The molecule has 1 saturated heterocycles. The van der Waals surface area contributed by atoms with E-state index in [4.69, 9.17) is 0 Å². The van der Waals surface area contributed by atoms with Crippen molar-refractivity contribution in [2.75, 3.05) is 20.1 Å². The number of hydrogen-bond donors (Lipinski definition) is 1. The van der Waals surface area contributed by atoms with Crippen molar-refractivity contribution in [1.29, 1.82) is 0 Å². The Hall–Kier alpha value is -0.860. The lowest BCUT2D eigenvalue weighted by Gasteiger charge is -2.24. The van der Waals surface area contributed by atoms with Crippen molar-refractivity contribution >= 4 is 0 Å². The molecule has 2 rings (SSSR count). The molecule has 0 radical (unpaired) electrons. The molecule has 0 saturated carbocycles. The van der Waals surface area contributed by atoms with Gasteiger partial charge in [-0.25, -0.2) is 0 Å². The first-order valence-electron chi connectivity index (χ1n) is 6.29. The van der Waals surface area contributed by atoms with E-state index < -0.39 is 0 Å². The van der Waals surface area contributed by atoms with Crippen LogP contribution in [0.3, 0.4) is 0 Å². The Kier molecular flexibility index (Phi) is 3.97. The van der Waals surface area contributed by atoms with Crippen molar-refractivity contribution < 1.29 is 0 Å². The molecule has 2 nitrogen and oxygen atoms in total. The Labute approximate surface area is 98.7 Å². The van der Waals surface area contributed by atoms with Gasteiger partial charge in [-0.05, 0) is 37.6 Å². The average Bonchev–Trinajstić information content (AvgIpc) is 2.83. The van der Waals surface area contributed by atoms with Gasteiger partial charge >= 0.3 is 0 Å². The van der Waals surface area contributed by atoms with Gasteiger partial charge in [-0.1, -0.05) is 31.2 Å². The molecule has 0 aromatic heterocycles.